The standard InChI is InChI=1S/C19H20FNO3.Na/c20-17-11-16(8-6-13(17)7-9-18(22)23)24-12-15-4-1-3-14-5-2-10-21-19(14)15;/h1,3-4,6,8,11,21H,2,5,7,9-10,12H2,(H,22,23);/q;+1/p-1. The molecule has 1 heterocycles. The maximum atomic E-state index is 14.0. The molecule has 0 bridgehead atoms. The minimum atomic E-state index is -1.18. The number of ether oxygens (including phenoxy) is 1. The van der Waals surface area contributed by atoms with Crippen LogP contribution in [0.1, 0.15) is 29.5 Å². The number of hydrogen-bond acceptors (Lipinski definition) is 4. The molecule has 2 aromatic rings. The normalized spacial score (nSPS) is 12.5. The molecule has 2 aromatic carbocycles. The summed E-state index contributed by atoms with van der Waals surface area (Å²) in [7, 11) is 0. The Morgan fingerprint density at radius 1 is 1.24 bits per heavy atom. The number of halogens is 1. The third kappa shape index (κ3) is 5.21. The summed E-state index contributed by atoms with van der Waals surface area (Å²) in [6.45, 7) is 1.31. The summed E-state index contributed by atoms with van der Waals surface area (Å²) in [6, 6.07) is 10.6. The van der Waals surface area contributed by atoms with Crippen LogP contribution in [0.3, 0.4) is 0 Å². The minimum Gasteiger partial charge on any atom is -0.550 e. The Kier molecular flexibility index (Phi) is 7.29. The first-order valence-corrected chi connectivity index (χ1v) is 8.09. The summed E-state index contributed by atoms with van der Waals surface area (Å²) >= 11 is 0. The smallest absolute Gasteiger partial charge is 0.550 e. The van der Waals surface area contributed by atoms with Crippen molar-refractivity contribution in [1.29, 1.82) is 0 Å². The summed E-state index contributed by atoms with van der Waals surface area (Å²) in [6.07, 6.45) is 2.09. The summed E-state index contributed by atoms with van der Waals surface area (Å²) in [4.78, 5) is 10.5. The molecule has 0 saturated carbocycles. The molecule has 0 radical (unpaired) electrons. The third-order valence-corrected chi connectivity index (χ3v) is 4.18. The number of carboxylic acids is 1. The largest absolute Gasteiger partial charge is 1.00 e. The Hall–Kier alpha value is -1.56. The van der Waals surface area contributed by atoms with E-state index in [2.05, 4.69) is 11.4 Å². The zero-order chi connectivity index (χ0) is 16.9. The van der Waals surface area contributed by atoms with Crippen LogP contribution in [-0.2, 0) is 24.2 Å². The van der Waals surface area contributed by atoms with Gasteiger partial charge < -0.3 is 20.0 Å². The van der Waals surface area contributed by atoms with Gasteiger partial charge in [-0.2, -0.15) is 0 Å². The summed E-state index contributed by atoms with van der Waals surface area (Å²) in [5.41, 5.74) is 3.81. The van der Waals surface area contributed by atoms with Crippen molar-refractivity contribution in [3.8, 4) is 5.75 Å². The van der Waals surface area contributed by atoms with Crippen molar-refractivity contribution in [2.24, 2.45) is 0 Å². The van der Waals surface area contributed by atoms with Gasteiger partial charge in [-0.3, -0.25) is 0 Å². The Balaban J connectivity index is 0.00000225. The van der Waals surface area contributed by atoms with Crippen LogP contribution in [0.2, 0.25) is 0 Å². The molecule has 25 heavy (non-hydrogen) atoms. The quantitative estimate of drug-likeness (QED) is 0.710. The average Bonchev–Trinajstić information content (AvgIpc) is 2.59. The van der Waals surface area contributed by atoms with E-state index in [0.717, 1.165) is 30.6 Å². The average molecular weight is 351 g/mol. The number of para-hydroxylation sites is 1. The maximum Gasteiger partial charge on any atom is 1.00 e. The van der Waals surface area contributed by atoms with Crippen LogP contribution in [0.5, 0.6) is 5.75 Å². The zero-order valence-electron chi connectivity index (χ0n) is 14.3. The van der Waals surface area contributed by atoms with E-state index in [9.17, 15) is 14.3 Å². The summed E-state index contributed by atoms with van der Waals surface area (Å²) in [5.74, 6) is -1.21. The number of benzene rings is 2. The second-order valence-electron chi connectivity index (χ2n) is 5.90. The molecule has 0 aliphatic carbocycles. The Morgan fingerprint density at radius 3 is 2.84 bits per heavy atom. The van der Waals surface area contributed by atoms with Crippen molar-refractivity contribution in [3.63, 3.8) is 0 Å². The van der Waals surface area contributed by atoms with Gasteiger partial charge in [-0.15, -0.1) is 0 Å². The van der Waals surface area contributed by atoms with Crippen LogP contribution >= 0.6 is 0 Å². The van der Waals surface area contributed by atoms with Crippen LogP contribution < -0.4 is 44.7 Å². The molecule has 6 heteroatoms. The molecule has 0 saturated heterocycles. The van der Waals surface area contributed by atoms with Gasteiger partial charge in [0.1, 0.15) is 18.2 Å². The minimum absolute atomic E-state index is 0. The van der Waals surface area contributed by atoms with Gasteiger partial charge in [0.15, 0.2) is 0 Å². The first-order valence-electron chi connectivity index (χ1n) is 8.09. The monoisotopic (exact) mass is 351 g/mol. The molecule has 1 aliphatic heterocycles. The van der Waals surface area contributed by atoms with Gasteiger partial charge in [-0.25, -0.2) is 4.39 Å². The second-order valence-corrected chi connectivity index (χ2v) is 5.90. The molecule has 0 atom stereocenters. The fraction of sp³-hybridized carbons (Fsp3) is 0.316. The van der Waals surface area contributed by atoms with Crippen molar-refractivity contribution in [1.82, 2.24) is 0 Å². The number of nitrogens with one attached hydrogen (secondary N) is 1. The van der Waals surface area contributed by atoms with Crippen LogP contribution in [-0.4, -0.2) is 12.5 Å². The molecule has 0 unspecified atom stereocenters. The molecule has 3 rings (SSSR count). The SMILES string of the molecule is O=C([O-])CCc1ccc(OCc2cccc3c2NCCC3)cc1F.[Na+]. The third-order valence-electron chi connectivity index (χ3n) is 4.18. The van der Waals surface area contributed by atoms with Gasteiger partial charge in [0.2, 0.25) is 0 Å². The van der Waals surface area contributed by atoms with Crippen LogP contribution in [0, 0.1) is 5.82 Å². The van der Waals surface area contributed by atoms with Crippen molar-refractivity contribution < 1.29 is 48.6 Å². The van der Waals surface area contributed by atoms with Gasteiger partial charge >= 0.3 is 29.6 Å². The molecular weight excluding hydrogens is 332 g/mol. The number of aryl methyl sites for hydroxylation is 2. The molecule has 1 aliphatic rings. The predicted molar refractivity (Wildman–Crippen MR) is 87.3 cm³/mol. The number of carbonyl (C=O) groups excluding carboxylic acids is 1. The Labute approximate surface area is 168 Å². The Bertz CT molecular complexity index is 751. The molecule has 126 valence electrons. The van der Waals surface area contributed by atoms with Crippen molar-refractivity contribution >= 4 is 11.7 Å². The van der Waals surface area contributed by atoms with Crippen LogP contribution in [0.15, 0.2) is 36.4 Å². The van der Waals surface area contributed by atoms with E-state index in [4.69, 9.17) is 4.74 Å². The molecular formula is C19H19FNNaO3. The first kappa shape index (κ1) is 19.8. The topological polar surface area (TPSA) is 61.4 Å². The number of anilines is 1. The Morgan fingerprint density at radius 2 is 2.08 bits per heavy atom. The summed E-state index contributed by atoms with van der Waals surface area (Å²) < 4.78 is 19.7. The van der Waals surface area contributed by atoms with Crippen molar-refractivity contribution in [2.45, 2.75) is 32.3 Å². The number of hydrogen-bond donors (Lipinski definition) is 1. The van der Waals surface area contributed by atoms with Gasteiger partial charge in [-0.05, 0) is 42.9 Å². The molecule has 0 amide bonds. The van der Waals surface area contributed by atoms with E-state index in [0.29, 0.717) is 17.9 Å². The van der Waals surface area contributed by atoms with Gasteiger partial charge in [-0.1, -0.05) is 24.3 Å². The number of carboxylic acid groups (broad SMARTS) is 1. The van der Waals surface area contributed by atoms with E-state index < -0.39 is 11.8 Å². The van der Waals surface area contributed by atoms with Gasteiger partial charge in [0.05, 0.1) is 0 Å². The fourth-order valence-electron chi connectivity index (χ4n) is 2.92. The molecule has 0 fully saturated rings. The predicted octanol–water partition coefficient (Wildman–Crippen LogP) is -0.551. The number of rotatable bonds is 6. The number of carbonyl (C=O) groups is 1. The van der Waals surface area contributed by atoms with Crippen LogP contribution in [0.4, 0.5) is 10.1 Å². The fourth-order valence-corrected chi connectivity index (χ4v) is 2.92. The summed E-state index contributed by atoms with van der Waals surface area (Å²) in [5, 5.41) is 13.9. The number of fused-ring (bicyclic) bond motifs is 1. The van der Waals surface area contributed by atoms with Gasteiger partial charge in [0.25, 0.3) is 0 Å². The van der Waals surface area contributed by atoms with E-state index >= 15 is 0 Å². The van der Waals surface area contributed by atoms with Crippen molar-refractivity contribution in [2.75, 3.05) is 11.9 Å². The molecule has 0 spiro atoms. The van der Waals surface area contributed by atoms with E-state index in [1.807, 2.05) is 12.1 Å². The first-order chi connectivity index (χ1) is 11.6. The van der Waals surface area contributed by atoms with Crippen molar-refractivity contribution in [3.05, 3.63) is 58.9 Å². The van der Waals surface area contributed by atoms with Gasteiger partial charge in [0, 0.05) is 29.8 Å². The van der Waals surface area contributed by atoms with E-state index in [1.165, 1.54) is 11.6 Å². The van der Waals surface area contributed by atoms with E-state index in [1.54, 1.807) is 12.1 Å². The van der Waals surface area contributed by atoms with Crippen LogP contribution in [0.25, 0.3) is 0 Å². The number of aliphatic carboxylic acids is 1. The second kappa shape index (κ2) is 9.22. The molecule has 1 N–H and O–H groups in total. The molecule has 0 aromatic heterocycles. The molecule has 4 nitrogen and oxygen atoms in total. The maximum absolute atomic E-state index is 14.0. The zero-order valence-corrected chi connectivity index (χ0v) is 16.3. The van der Waals surface area contributed by atoms with E-state index in [-0.39, 0.29) is 42.4 Å².